The number of methoxy groups -OCH3 is 1. The van der Waals surface area contributed by atoms with Crippen LogP contribution in [-0.4, -0.2) is 43.0 Å². The number of amides is 2. The molecule has 0 aliphatic carbocycles. The molecule has 0 aliphatic heterocycles. The van der Waals surface area contributed by atoms with E-state index in [0.29, 0.717) is 30.9 Å². The second kappa shape index (κ2) is 12.7. The van der Waals surface area contributed by atoms with Crippen molar-refractivity contribution in [2.45, 2.75) is 46.2 Å². The maximum absolute atomic E-state index is 14.2. The van der Waals surface area contributed by atoms with E-state index in [1.54, 1.807) is 56.5 Å². The van der Waals surface area contributed by atoms with Gasteiger partial charge in [-0.25, -0.2) is 4.39 Å². The van der Waals surface area contributed by atoms with Crippen molar-refractivity contribution < 1.29 is 23.5 Å². The number of nitrogens with one attached hydrogen (secondary N) is 1. The molecule has 0 unspecified atom stereocenters. The van der Waals surface area contributed by atoms with Gasteiger partial charge in [0, 0.05) is 25.1 Å². The lowest BCUT2D eigenvalue weighted by Gasteiger charge is -2.29. The summed E-state index contributed by atoms with van der Waals surface area (Å²) in [4.78, 5) is 27.0. The highest BCUT2D eigenvalue weighted by atomic mass is 19.1. The van der Waals surface area contributed by atoms with E-state index in [9.17, 15) is 14.0 Å². The molecule has 7 heteroatoms. The summed E-state index contributed by atoms with van der Waals surface area (Å²) in [7, 11) is 1.60. The number of hydrogen-bond acceptors (Lipinski definition) is 4. The van der Waals surface area contributed by atoms with Crippen LogP contribution in [-0.2, 0) is 16.1 Å². The minimum atomic E-state index is -0.719. The third-order valence-corrected chi connectivity index (χ3v) is 5.01. The number of carbonyl (C=O) groups is 2. The Morgan fingerprint density at radius 1 is 1.03 bits per heavy atom. The molecule has 1 atom stereocenters. The van der Waals surface area contributed by atoms with E-state index in [2.05, 4.69) is 5.32 Å². The van der Waals surface area contributed by atoms with Crippen LogP contribution in [0.1, 0.15) is 39.2 Å². The van der Waals surface area contributed by atoms with Crippen molar-refractivity contribution in [3.63, 3.8) is 0 Å². The highest BCUT2D eigenvalue weighted by Gasteiger charge is 2.26. The average Bonchev–Trinajstić information content (AvgIpc) is 2.79. The zero-order valence-electron chi connectivity index (χ0n) is 19.3. The van der Waals surface area contributed by atoms with Crippen LogP contribution >= 0.6 is 0 Å². The monoisotopic (exact) mass is 444 g/mol. The molecule has 0 bridgehead atoms. The molecule has 0 heterocycles. The van der Waals surface area contributed by atoms with Crippen molar-refractivity contribution in [3.8, 4) is 11.5 Å². The maximum atomic E-state index is 14.2. The molecule has 2 rings (SSSR count). The molecule has 0 fully saturated rings. The minimum Gasteiger partial charge on any atom is -0.497 e. The van der Waals surface area contributed by atoms with Crippen LogP contribution in [0.5, 0.6) is 11.5 Å². The quantitative estimate of drug-likeness (QED) is 0.499. The predicted molar refractivity (Wildman–Crippen MR) is 122 cm³/mol. The lowest BCUT2D eigenvalue weighted by molar-refractivity contribution is -0.140. The first-order chi connectivity index (χ1) is 15.3. The van der Waals surface area contributed by atoms with Crippen molar-refractivity contribution in [2.24, 2.45) is 5.92 Å². The van der Waals surface area contributed by atoms with Crippen molar-refractivity contribution >= 4 is 11.8 Å². The van der Waals surface area contributed by atoms with Gasteiger partial charge in [-0.15, -0.1) is 0 Å². The third kappa shape index (κ3) is 7.87. The van der Waals surface area contributed by atoms with E-state index in [0.717, 1.165) is 5.75 Å². The number of carbonyl (C=O) groups excluding carboxylic acids is 2. The Morgan fingerprint density at radius 3 is 2.31 bits per heavy atom. The van der Waals surface area contributed by atoms with Gasteiger partial charge in [0.25, 0.3) is 0 Å². The highest BCUT2D eigenvalue weighted by molar-refractivity contribution is 5.87. The van der Waals surface area contributed by atoms with Gasteiger partial charge >= 0.3 is 0 Å². The van der Waals surface area contributed by atoms with Gasteiger partial charge in [-0.3, -0.25) is 9.59 Å². The fourth-order valence-electron chi connectivity index (χ4n) is 3.07. The molecule has 6 nitrogen and oxygen atoms in total. The zero-order valence-corrected chi connectivity index (χ0v) is 19.3. The Hall–Kier alpha value is -3.09. The van der Waals surface area contributed by atoms with Crippen LogP contribution in [0.15, 0.2) is 48.5 Å². The Balaban J connectivity index is 1.98. The van der Waals surface area contributed by atoms with Crippen LogP contribution in [0.25, 0.3) is 0 Å². The SMILES string of the molecule is COc1ccc(OCCCC(=O)N(Cc2ccccc2F)[C@H](C)C(=O)NCC(C)C)cc1. The van der Waals surface area contributed by atoms with Crippen molar-refractivity contribution in [1.82, 2.24) is 10.2 Å². The maximum Gasteiger partial charge on any atom is 0.242 e. The number of rotatable bonds is 12. The van der Waals surface area contributed by atoms with Crippen LogP contribution in [0.2, 0.25) is 0 Å². The topological polar surface area (TPSA) is 67.9 Å². The fraction of sp³-hybridized carbons (Fsp3) is 0.440. The first-order valence-electron chi connectivity index (χ1n) is 10.9. The number of halogens is 1. The number of hydrogen-bond donors (Lipinski definition) is 1. The van der Waals surface area contributed by atoms with E-state index < -0.39 is 11.9 Å². The molecular weight excluding hydrogens is 411 g/mol. The molecule has 0 spiro atoms. The summed E-state index contributed by atoms with van der Waals surface area (Å²) < 4.78 is 25.0. The molecule has 2 aromatic carbocycles. The Kier molecular flexibility index (Phi) is 9.98. The normalized spacial score (nSPS) is 11.7. The minimum absolute atomic E-state index is 0.0289. The lowest BCUT2D eigenvalue weighted by Crippen LogP contribution is -2.48. The van der Waals surface area contributed by atoms with Crippen LogP contribution in [0, 0.1) is 11.7 Å². The smallest absolute Gasteiger partial charge is 0.242 e. The highest BCUT2D eigenvalue weighted by Crippen LogP contribution is 2.18. The molecule has 0 saturated carbocycles. The Bertz CT molecular complexity index is 871. The summed E-state index contributed by atoms with van der Waals surface area (Å²) in [6.45, 7) is 6.55. The van der Waals surface area contributed by atoms with Crippen LogP contribution in [0.3, 0.4) is 0 Å². The molecule has 32 heavy (non-hydrogen) atoms. The predicted octanol–water partition coefficient (Wildman–Crippen LogP) is 4.18. The van der Waals surface area contributed by atoms with Crippen molar-refractivity contribution in [2.75, 3.05) is 20.3 Å². The van der Waals surface area contributed by atoms with Gasteiger partial charge in [0.2, 0.25) is 11.8 Å². The van der Waals surface area contributed by atoms with Gasteiger partial charge in [-0.1, -0.05) is 32.0 Å². The van der Waals surface area contributed by atoms with Gasteiger partial charge < -0.3 is 19.7 Å². The Labute approximate surface area is 189 Å². The lowest BCUT2D eigenvalue weighted by atomic mass is 10.1. The largest absolute Gasteiger partial charge is 0.497 e. The number of nitrogens with zero attached hydrogens (tertiary/aromatic N) is 1. The fourth-order valence-corrected chi connectivity index (χ4v) is 3.07. The first kappa shape index (κ1) is 25.2. The van der Waals surface area contributed by atoms with Gasteiger partial charge in [0.05, 0.1) is 13.7 Å². The Morgan fingerprint density at radius 2 is 1.69 bits per heavy atom. The van der Waals surface area contributed by atoms with Crippen molar-refractivity contribution in [3.05, 3.63) is 59.9 Å². The molecule has 0 radical (unpaired) electrons. The zero-order chi connectivity index (χ0) is 23.5. The molecule has 2 amide bonds. The van der Waals surface area contributed by atoms with Gasteiger partial charge in [-0.2, -0.15) is 0 Å². The van der Waals surface area contributed by atoms with E-state index in [4.69, 9.17) is 9.47 Å². The summed E-state index contributed by atoms with van der Waals surface area (Å²) in [6, 6.07) is 12.8. The van der Waals surface area contributed by atoms with E-state index in [1.807, 2.05) is 13.8 Å². The molecule has 0 aliphatic rings. The molecule has 0 saturated heterocycles. The number of benzene rings is 2. The van der Waals surface area contributed by atoms with Crippen LogP contribution in [0.4, 0.5) is 4.39 Å². The molecular formula is C25H33FN2O4. The number of ether oxygens (including phenoxy) is 2. The summed E-state index contributed by atoms with van der Waals surface area (Å²) in [5, 5.41) is 2.85. The second-order valence-electron chi connectivity index (χ2n) is 8.06. The summed E-state index contributed by atoms with van der Waals surface area (Å²) in [5.41, 5.74) is 0.374. The van der Waals surface area contributed by atoms with Gasteiger partial charge in [0.15, 0.2) is 0 Å². The molecule has 174 valence electrons. The van der Waals surface area contributed by atoms with Gasteiger partial charge in [-0.05, 0) is 49.6 Å². The van der Waals surface area contributed by atoms with E-state index in [1.165, 1.54) is 11.0 Å². The molecule has 0 aromatic heterocycles. The van der Waals surface area contributed by atoms with Gasteiger partial charge in [0.1, 0.15) is 23.4 Å². The summed E-state index contributed by atoms with van der Waals surface area (Å²) in [5.74, 6) is 0.834. The third-order valence-electron chi connectivity index (χ3n) is 5.01. The summed E-state index contributed by atoms with van der Waals surface area (Å²) >= 11 is 0. The second-order valence-corrected chi connectivity index (χ2v) is 8.06. The summed E-state index contributed by atoms with van der Waals surface area (Å²) in [6.07, 6.45) is 0.658. The van der Waals surface area contributed by atoms with Crippen molar-refractivity contribution in [1.29, 1.82) is 0 Å². The average molecular weight is 445 g/mol. The first-order valence-corrected chi connectivity index (χ1v) is 10.9. The standard InChI is InChI=1S/C25H33FN2O4/c1-18(2)16-27-25(30)19(3)28(17-20-8-5-6-9-23(20)26)24(29)10-7-15-32-22-13-11-21(31-4)12-14-22/h5-6,8-9,11-14,18-19H,7,10,15-17H2,1-4H3,(H,27,30)/t19-/m1/s1. The van der Waals surface area contributed by atoms with E-state index >= 15 is 0 Å². The molecule has 1 N–H and O–H groups in total. The van der Waals surface area contributed by atoms with E-state index in [-0.39, 0.29) is 30.7 Å². The molecule has 2 aromatic rings. The van der Waals surface area contributed by atoms with Crippen LogP contribution < -0.4 is 14.8 Å².